The van der Waals surface area contributed by atoms with Gasteiger partial charge in [-0.15, -0.1) is 0 Å². The topological polar surface area (TPSA) is 90.4 Å². The SMILES string of the molecule is CN1N=C(C(=O)Nc2cc(CC3CCCCC3)[nH]n2)CCC1=O. The summed E-state index contributed by atoms with van der Waals surface area (Å²) >= 11 is 0. The molecule has 7 heteroatoms. The lowest BCUT2D eigenvalue weighted by molar-refractivity contribution is -0.130. The first-order chi connectivity index (χ1) is 11.1. The summed E-state index contributed by atoms with van der Waals surface area (Å²) in [6.45, 7) is 0. The average molecular weight is 317 g/mol. The van der Waals surface area contributed by atoms with E-state index in [1.165, 1.54) is 37.1 Å². The molecule has 1 aromatic heterocycles. The zero-order valence-corrected chi connectivity index (χ0v) is 13.5. The number of carbonyl (C=O) groups excluding carboxylic acids is 2. The van der Waals surface area contributed by atoms with Gasteiger partial charge < -0.3 is 5.32 Å². The molecule has 1 aliphatic heterocycles. The van der Waals surface area contributed by atoms with Gasteiger partial charge in [0.15, 0.2) is 5.82 Å². The van der Waals surface area contributed by atoms with E-state index in [1.807, 2.05) is 6.07 Å². The fourth-order valence-electron chi connectivity index (χ4n) is 3.25. The maximum absolute atomic E-state index is 12.2. The van der Waals surface area contributed by atoms with E-state index in [0.29, 0.717) is 24.4 Å². The van der Waals surface area contributed by atoms with Crippen LogP contribution in [0.3, 0.4) is 0 Å². The number of nitrogens with zero attached hydrogens (tertiary/aromatic N) is 3. The first-order valence-corrected chi connectivity index (χ1v) is 8.31. The second-order valence-corrected chi connectivity index (χ2v) is 6.40. The second-order valence-electron chi connectivity index (χ2n) is 6.40. The van der Waals surface area contributed by atoms with E-state index in [-0.39, 0.29) is 11.8 Å². The van der Waals surface area contributed by atoms with Crippen LogP contribution >= 0.6 is 0 Å². The third kappa shape index (κ3) is 3.97. The highest BCUT2D eigenvalue weighted by Crippen LogP contribution is 2.26. The van der Waals surface area contributed by atoms with Crippen molar-refractivity contribution in [1.82, 2.24) is 15.2 Å². The quantitative estimate of drug-likeness (QED) is 0.890. The molecule has 2 aliphatic rings. The number of hydrogen-bond donors (Lipinski definition) is 2. The Morgan fingerprint density at radius 1 is 1.35 bits per heavy atom. The van der Waals surface area contributed by atoms with Crippen LogP contribution in [0.1, 0.15) is 50.6 Å². The molecule has 1 aromatic rings. The van der Waals surface area contributed by atoms with Crippen LogP contribution in [-0.2, 0) is 16.0 Å². The molecule has 7 nitrogen and oxygen atoms in total. The summed E-state index contributed by atoms with van der Waals surface area (Å²) in [4.78, 5) is 23.6. The van der Waals surface area contributed by atoms with Crippen molar-refractivity contribution in [3.05, 3.63) is 11.8 Å². The maximum atomic E-state index is 12.2. The fourth-order valence-corrected chi connectivity index (χ4v) is 3.25. The van der Waals surface area contributed by atoms with Gasteiger partial charge in [-0.1, -0.05) is 32.1 Å². The van der Waals surface area contributed by atoms with Crippen molar-refractivity contribution < 1.29 is 9.59 Å². The Kier molecular flexibility index (Phi) is 4.73. The van der Waals surface area contributed by atoms with Crippen molar-refractivity contribution in [3.63, 3.8) is 0 Å². The summed E-state index contributed by atoms with van der Waals surface area (Å²) in [5.74, 6) is 0.870. The molecule has 23 heavy (non-hydrogen) atoms. The molecular weight excluding hydrogens is 294 g/mol. The third-order valence-corrected chi connectivity index (χ3v) is 4.58. The molecule has 2 amide bonds. The summed E-state index contributed by atoms with van der Waals surface area (Å²) in [7, 11) is 1.56. The van der Waals surface area contributed by atoms with Crippen molar-refractivity contribution in [1.29, 1.82) is 0 Å². The van der Waals surface area contributed by atoms with Crippen molar-refractivity contribution in [2.24, 2.45) is 11.0 Å². The molecule has 1 fully saturated rings. The molecule has 3 rings (SSSR count). The maximum Gasteiger partial charge on any atom is 0.273 e. The molecule has 1 aliphatic carbocycles. The largest absolute Gasteiger partial charge is 0.304 e. The monoisotopic (exact) mass is 317 g/mol. The van der Waals surface area contributed by atoms with E-state index in [0.717, 1.165) is 18.0 Å². The normalized spacial score (nSPS) is 19.6. The molecule has 2 heterocycles. The van der Waals surface area contributed by atoms with E-state index in [9.17, 15) is 9.59 Å². The highest BCUT2D eigenvalue weighted by atomic mass is 16.2. The molecular formula is C16H23N5O2. The fraction of sp³-hybridized carbons (Fsp3) is 0.625. The van der Waals surface area contributed by atoms with Crippen LogP contribution in [0.15, 0.2) is 11.2 Å². The van der Waals surface area contributed by atoms with Gasteiger partial charge in [0.25, 0.3) is 5.91 Å². The Bertz CT molecular complexity index is 616. The zero-order valence-electron chi connectivity index (χ0n) is 13.5. The highest BCUT2D eigenvalue weighted by molar-refractivity contribution is 6.43. The predicted octanol–water partition coefficient (Wildman–Crippen LogP) is 2.08. The second kappa shape index (κ2) is 6.93. The smallest absolute Gasteiger partial charge is 0.273 e. The van der Waals surface area contributed by atoms with Gasteiger partial charge in [0.05, 0.1) is 0 Å². The molecule has 124 valence electrons. The number of rotatable bonds is 4. The summed E-state index contributed by atoms with van der Waals surface area (Å²) < 4.78 is 0. The van der Waals surface area contributed by atoms with E-state index in [1.54, 1.807) is 7.05 Å². The molecule has 0 aromatic carbocycles. The third-order valence-electron chi connectivity index (χ3n) is 4.58. The van der Waals surface area contributed by atoms with Crippen molar-refractivity contribution in [3.8, 4) is 0 Å². The van der Waals surface area contributed by atoms with E-state index in [4.69, 9.17) is 0 Å². The lowest BCUT2D eigenvalue weighted by Gasteiger charge is -2.20. The Labute approximate surface area is 135 Å². The molecule has 2 N–H and O–H groups in total. The van der Waals surface area contributed by atoms with Crippen LogP contribution in [0.2, 0.25) is 0 Å². The molecule has 0 saturated heterocycles. The zero-order chi connectivity index (χ0) is 16.2. The van der Waals surface area contributed by atoms with Crippen LogP contribution < -0.4 is 5.32 Å². The molecule has 0 spiro atoms. The van der Waals surface area contributed by atoms with Gasteiger partial charge in [-0.2, -0.15) is 10.2 Å². The molecule has 0 bridgehead atoms. The summed E-state index contributed by atoms with van der Waals surface area (Å²) in [5.41, 5.74) is 1.43. The summed E-state index contributed by atoms with van der Waals surface area (Å²) in [6, 6.07) is 1.89. The Hall–Kier alpha value is -2.18. The number of anilines is 1. The van der Waals surface area contributed by atoms with Gasteiger partial charge in [0.2, 0.25) is 5.91 Å². The number of H-pyrrole nitrogens is 1. The van der Waals surface area contributed by atoms with Gasteiger partial charge in [-0.05, 0) is 12.3 Å². The van der Waals surface area contributed by atoms with Crippen LogP contribution in [0.25, 0.3) is 0 Å². The Morgan fingerprint density at radius 3 is 2.87 bits per heavy atom. The van der Waals surface area contributed by atoms with Gasteiger partial charge in [-0.3, -0.25) is 14.7 Å². The molecule has 0 radical (unpaired) electrons. The molecule has 0 unspecified atom stereocenters. The number of carbonyl (C=O) groups is 2. The Morgan fingerprint density at radius 2 is 2.13 bits per heavy atom. The van der Waals surface area contributed by atoms with E-state index >= 15 is 0 Å². The van der Waals surface area contributed by atoms with Crippen molar-refractivity contribution in [2.75, 3.05) is 12.4 Å². The van der Waals surface area contributed by atoms with Crippen LogP contribution in [0, 0.1) is 5.92 Å². The lowest BCUT2D eigenvalue weighted by Crippen LogP contribution is -2.34. The van der Waals surface area contributed by atoms with Crippen molar-refractivity contribution >= 4 is 23.3 Å². The first-order valence-electron chi connectivity index (χ1n) is 8.31. The van der Waals surface area contributed by atoms with E-state index < -0.39 is 0 Å². The van der Waals surface area contributed by atoms with Gasteiger partial charge in [-0.25, -0.2) is 5.01 Å². The number of nitrogens with one attached hydrogen (secondary N) is 2. The minimum Gasteiger partial charge on any atom is -0.304 e. The number of aromatic amines is 1. The van der Waals surface area contributed by atoms with Crippen LogP contribution in [0.5, 0.6) is 0 Å². The minimum atomic E-state index is -0.292. The van der Waals surface area contributed by atoms with Crippen molar-refractivity contribution in [2.45, 2.75) is 51.4 Å². The summed E-state index contributed by atoms with van der Waals surface area (Å²) in [5, 5.41) is 15.2. The predicted molar refractivity (Wildman–Crippen MR) is 86.9 cm³/mol. The first kappa shape index (κ1) is 15.7. The van der Waals surface area contributed by atoms with Gasteiger partial charge in [0, 0.05) is 31.6 Å². The minimum absolute atomic E-state index is 0.0731. The van der Waals surface area contributed by atoms with Crippen LogP contribution in [-0.4, -0.2) is 39.8 Å². The summed E-state index contributed by atoms with van der Waals surface area (Å²) in [6.07, 6.45) is 8.20. The molecule has 1 saturated carbocycles. The van der Waals surface area contributed by atoms with Crippen LogP contribution in [0.4, 0.5) is 5.82 Å². The molecule has 0 atom stereocenters. The lowest BCUT2D eigenvalue weighted by atomic mass is 9.86. The number of hydrazone groups is 1. The average Bonchev–Trinajstić information content (AvgIpc) is 2.98. The van der Waals surface area contributed by atoms with Gasteiger partial charge in [0.1, 0.15) is 5.71 Å². The van der Waals surface area contributed by atoms with E-state index in [2.05, 4.69) is 20.6 Å². The number of hydrogen-bond acceptors (Lipinski definition) is 4. The number of amides is 2. The van der Waals surface area contributed by atoms with Gasteiger partial charge >= 0.3 is 0 Å². The Balaban J connectivity index is 1.57. The number of aromatic nitrogens is 2. The highest BCUT2D eigenvalue weighted by Gasteiger charge is 2.22. The standard InChI is InChI=1S/C16H23N5O2/c1-21-15(22)8-7-13(20-21)16(23)17-14-10-12(18-19-14)9-11-5-3-2-4-6-11/h10-11H,2-9H2,1H3,(H2,17,18,19,23).